The number of pyridine rings is 1. The van der Waals surface area contributed by atoms with E-state index in [0.717, 1.165) is 5.69 Å². The molecule has 0 aliphatic carbocycles. The predicted molar refractivity (Wildman–Crippen MR) is 65.3 cm³/mol. The fourth-order valence-electron chi connectivity index (χ4n) is 1.42. The van der Waals surface area contributed by atoms with Crippen LogP contribution >= 0.6 is 10.7 Å². The molecule has 2 aromatic rings. The van der Waals surface area contributed by atoms with Gasteiger partial charge in [0.05, 0.1) is 5.69 Å². The number of hydrogen-bond acceptors (Lipinski definition) is 5. The lowest BCUT2D eigenvalue weighted by Crippen LogP contribution is -2.01. The number of ether oxygens (including phenoxy) is 1. The lowest BCUT2D eigenvalue weighted by molar-refractivity contribution is 0.404. The van der Waals surface area contributed by atoms with Crippen LogP contribution in [-0.2, 0) is 16.1 Å². The van der Waals surface area contributed by atoms with Crippen molar-refractivity contribution in [2.45, 2.75) is 11.8 Å². The van der Waals surface area contributed by atoms with E-state index in [4.69, 9.17) is 15.4 Å². The zero-order chi connectivity index (χ0) is 13.3. The molecule has 0 saturated carbocycles. The number of nitrogens with zero attached hydrogens (tertiary/aromatic N) is 3. The fraction of sp³-hybridized carbons (Fsp3) is 0.200. The molecule has 8 heteroatoms. The SMILES string of the molecule is Cc1cc(Oc2ncccc2S(=O)(=O)Cl)n(C)n1. The molecule has 0 N–H and O–H groups in total. The van der Waals surface area contributed by atoms with Crippen molar-refractivity contribution in [3.8, 4) is 11.8 Å². The van der Waals surface area contributed by atoms with Gasteiger partial charge in [0.15, 0.2) is 0 Å². The average molecular weight is 288 g/mol. The maximum absolute atomic E-state index is 11.4. The summed E-state index contributed by atoms with van der Waals surface area (Å²) in [6.45, 7) is 1.80. The maximum atomic E-state index is 11.4. The van der Waals surface area contributed by atoms with Crippen LogP contribution in [0.3, 0.4) is 0 Å². The van der Waals surface area contributed by atoms with Crippen molar-refractivity contribution < 1.29 is 13.2 Å². The van der Waals surface area contributed by atoms with Crippen LogP contribution in [0.5, 0.6) is 11.8 Å². The van der Waals surface area contributed by atoms with Crippen LogP contribution < -0.4 is 4.74 Å². The van der Waals surface area contributed by atoms with Gasteiger partial charge in [0, 0.05) is 30.0 Å². The topological polar surface area (TPSA) is 74.1 Å². The molecule has 2 rings (SSSR count). The molecule has 0 bridgehead atoms. The third-order valence-corrected chi connectivity index (χ3v) is 3.49. The molecule has 0 atom stereocenters. The quantitative estimate of drug-likeness (QED) is 0.805. The van der Waals surface area contributed by atoms with Crippen molar-refractivity contribution in [3.05, 3.63) is 30.1 Å². The summed E-state index contributed by atoms with van der Waals surface area (Å²) >= 11 is 0. The number of aryl methyl sites for hydroxylation is 2. The highest BCUT2D eigenvalue weighted by Crippen LogP contribution is 2.28. The Bertz CT molecular complexity index is 681. The van der Waals surface area contributed by atoms with E-state index in [0.29, 0.717) is 5.88 Å². The van der Waals surface area contributed by atoms with Crippen LogP contribution in [0.1, 0.15) is 5.69 Å². The molecule has 0 spiro atoms. The molecule has 0 aliphatic rings. The maximum Gasteiger partial charge on any atom is 0.266 e. The van der Waals surface area contributed by atoms with Crippen LogP contribution in [0.2, 0.25) is 0 Å². The molecule has 2 heterocycles. The van der Waals surface area contributed by atoms with E-state index in [1.165, 1.54) is 23.0 Å². The molecular weight excluding hydrogens is 278 g/mol. The molecule has 0 unspecified atom stereocenters. The second-order valence-corrected chi connectivity index (χ2v) is 6.13. The van der Waals surface area contributed by atoms with E-state index in [1.807, 2.05) is 0 Å². The Balaban J connectivity index is 2.44. The average Bonchev–Trinajstić information content (AvgIpc) is 2.57. The summed E-state index contributed by atoms with van der Waals surface area (Å²) in [6, 6.07) is 4.46. The zero-order valence-corrected chi connectivity index (χ0v) is 11.2. The summed E-state index contributed by atoms with van der Waals surface area (Å²) in [4.78, 5) is 3.69. The molecule has 0 radical (unpaired) electrons. The van der Waals surface area contributed by atoms with Crippen LogP contribution in [-0.4, -0.2) is 23.2 Å². The Hall–Kier alpha value is -1.60. The molecule has 0 amide bonds. The Labute approximate surface area is 109 Å². The highest BCUT2D eigenvalue weighted by molar-refractivity contribution is 8.13. The molecular formula is C10H10ClN3O3S. The first-order chi connectivity index (χ1) is 8.38. The normalized spacial score (nSPS) is 11.5. The van der Waals surface area contributed by atoms with E-state index in [1.54, 1.807) is 20.0 Å². The van der Waals surface area contributed by atoms with Crippen molar-refractivity contribution in [1.82, 2.24) is 14.8 Å². The Morgan fingerprint density at radius 1 is 1.44 bits per heavy atom. The largest absolute Gasteiger partial charge is 0.420 e. The van der Waals surface area contributed by atoms with Gasteiger partial charge in [-0.15, -0.1) is 0 Å². The summed E-state index contributed by atoms with van der Waals surface area (Å²) in [7, 11) is 3.08. The van der Waals surface area contributed by atoms with Gasteiger partial charge in [-0.25, -0.2) is 18.1 Å². The highest BCUT2D eigenvalue weighted by Gasteiger charge is 2.19. The summed E-state index contributed by atoms with van der Waals surface area (Å²) in [5.41, 5.74) is 0.749. The molecule has 0 aliphatic heterocycles. The molecule has 2 aromatic heterocycles. The van der Waals surface area contributed by atoms with Crippen molar-refractivity contribution >= 4 is 19.7 Å². The van der Waals surface area contributed by atoms with Gasteiger partial charge in [-0.05, 0) is 19.1 Å². The standard InChI is InChI=1S/C10H10ClN3O3S/c1-7-6-9(14(2)13-7)17-10-8(18(11,15)16)4-3-5-12-10/h3-6H,1-2H3. The second kappa shape index (κ2) is 4.58. The van der Waals surface area contributed by atoms with Crippen LogP contribution in [0.25, 0.3) is 0 Å². The molecule has 0 saturated heterocycles. The lowest BCUT2D eigenvalue weighted by atomic mass is 10.5. The third-order valence-electron chi connectivity index (χ3n) is 2.16. The van der Waals surface area contributed by atoms with Gasteiger partial charge in [-0.1, -0.05) is 0 Å². The van der Waals surface area contributed by atoms with E-state index < -0.39 is 9.05 Å². The van der Waals surface area contributed by atoms with Crippen LogP contribution in [0.15, 0.2) is 29.3 Å². The summed E-state index contributed by atoms with van der Waals surface area (Å²) < 4.78 is 29.6. The second-order valence-electron chi connectivity index (χ2n) is 3.59. The minimum atomic E-state index is -3.90. The first-order valence-electron chi connectivity index (χ1n) is 4.96. The molecule has 18 heavy (non-hydrogen) atoms. The van der Waals surface area contributed by atoms with Gasteiger partial charge in [0.2, 0.25) is 11.8 Å². The monoisotopic (exact) mass is 287 g/mol. The number of rotatable bonds is 3. The molecule has 96 valence electrons. The van der Waals surface area contributed by atoms with Gasteiger partial charge in [-0.2, -0.15) is 5.10 Å². The minimum absolute atomic E-state index is 0.0736. The number of halogens is 1. The first-order valence-corrected chi connectivity index (χ1v) is 7.27. The van der Waals surface area contributed by atoms with Crippen molar-refractivity contribution in [3.63, 3.8) is 0 Å². The minimum Gasteiger partial charge on any atom is -0.420 e. The highest BCUT2D eigenvalue weighted by atomic mass is 35.7. The predicted octanol–water partition coefficient (Wildman–Crippen LogP) is 1.84. The summed E-state index contributed by atoms with van der Waals surface area (Å²) in [6.07, 6.45) is 1.42. The Kier molecular flexibility index (Phi) is 3.27. The third kappa shape index (κ3) is 2.62. The Morgan fingerprint density at radius 2 is 2.17 bits per heavy atom. The number of hydrogen-bond donors (Lipinski definition) is 0. The van der Waals surface area contributed by atoms with E-state index in [-0.39, 0.29) is 10.8 Å². The fourth-order valence-corrected chi connectivity index (χ4v) is 2.32. The lowest BCUT2D eigenvalue weighted by Gasteiger charge is -2.06. The van der Waals surface area contributed by atoms with Crippen molar-refractivity contribution in [2.24, 2.45) is 7.05 Å². The first kappa shape index (κ1) is 12.8. The van der Waals surface area contributed by atoms with Crippen molar-refractivity contribution in [1.29, 1.82) is 0 Å². The summed E-state index contributed by atoms with van der Waals surface area (Å²) in [5.74, 6) is 0.309. The van der Waals surface area contributed by atoms with Crippen molar-refractivity contribution in [2.75, 3.05) is 0 Å². The van der Waals surface area contributed by atoms with E-state index >= 15 is 0 Å². The summed E-state index contributed by atoms with van der Waals surface area (Å²) in [5, 5.41) is 4.08. The van der Waals surface area contributed by atoms with Gasteiger partial charge in [-0.3, -0.25) is 0 Å². The van der Waals surface area contributed by atoms with Gasteiger partial charge in [0.25, 0.3) is 9.05 Å². The van der Waals surface area contributed by atoms with Gasteiger partial charge >= 0.3 is 0 Å². The molecule has 0 aromatic carbocycles. The zero-order valence-electron chi connectivity index (χ0n) is 9.66. The van der Waals surface area contributed by atoms with Gasteiger partial charge < -0.3 is 4.74 Å². The van der Waals surface area contributed by atoms with E-state index in [2.05, 4.69) is 10.1 Å². The molecule has 0 fully saturated rings. The van der Waals surface area contributed by atoms with Crippen LogP contribution in [0.4, 0.5) is 0 Å². The smallest absolute Gasteiger partial charge is 0.266 e. The Morgan fingerprint density at radius 3 is 2.72 bits per heavy atom. The van der Waals surface area contributed by atoms with E-state index in [9.17, 15) is 8.42 Å². The number of aromatic nitrogens is 3. The molecule has 6 nitrogen and oxygen atoms in total. The van der Waals surface area contributed by atoms with Gasteiger partial charge in [0.1, 0.15) is 4.90 Å². The van der Waals surface area contributed by atoms with Crippen LogP contribution in [0, 0.1) is 6.92 Å².